The fraction of sp³-hybridized carbons (Fsp3) is 1.00. The van der Waals surface area contributed by atoms with E-state index < -0.39 is 119 Å². The summed E-state index contributed by atoms with van der Waals surface area (Å²) >= 11 is 0. The van der Waals surface area contributed by atoms with E-state index in [1.54, 1.807) is 0 Å². The van der Waals surface area contributed by atoms with Crippen LogP contribution in [0.15, 0.2) is 0 Å². The Bertz CT molecular complexity index is 1150. The van der Waals surface area contributed by atoms with Crippen LogP contribution in [0.5, 0.6) is 0 Å². The lowest BCUT2D eigenvalue weighted by atomic mass is 10.2. The molecule has 62 heavy (non-hydrogen) atoms. The quantitative estimate of drug-likeness (QED) is 0.161. The molecule has 0 radical (unpaired) electrons. The Morgan fingerprint density at radius 2 is 0.484 bits per heavy atom. The van der Waals surface area contributed by atoms with Crippen LogP contribution in [0.25, 0.3) is 0 Å². The average molecular weight is 1120 g/mol. The molecule has 374 valence electrons. The Morgan fingerprint density at radius 3 is 0.645 bits per heavy atom. The van der Waals surface area contributed by atoms with Gasteiger partial charge in [-0.15, -0.1) is 0 Å². The SMILES string of the molecule is CCCCCC[Si](C)(C)O[Si](C)(C)O[Si](C)(C)C.C[Si]1(C)O[Si](C)(C)O[Si](C)(C)O[Si](C)(C)O[Si](C)(C)O1.C[Si]1(C)O[Si](C)(C)O[Si](C)(C)O[Si](C)(C)O[Si](C)(C)O[Si](C)(C)O1. The molecule has 0 amide bonds. The molecule has 0 aromatic carbocycles. The zero-order valence-electron chi connectivity index (χ0n) is 45.8. The summed E-state index contributed by atoms with van der Waals surface area (Å²) in [5, 5.41) is 0. The Hall–Kier alpha value is 2.52. The molecule has 0 aliphatic carbocycles. The highest BCUT2D eigenvalue weighted by Crippen LogP contribution is 2.33. The highest BCUT2D eigenvalue weighted by Gasteiger charge is 2.53. The van der Waals surface area contributed by atoms with Crippen molar-refractivity contribution in [3.63, 3.8) is 0 Å². The molecule has 0 unspecified atom stereocenters. The molecule has 0 aromatic rings. The molecule has 0 spiro atoms. The molecule has 0 N–H and O–H groups in total. The molecular formula is C35H100O13Si14. The summed E-state index contributed by atoms with van der Waals surface area (Å²) in [6.45, 7) is 63.7. The summed E-state index contributed by atoms with van der Waals surface area (Å²) in [5.41, 5.74) is 0. The summed E-state index contributed by atoms with van der Waals surface area (Å²) in [7, 11) is -30.5. The maximum Gasteiger partial charge on any atom is 0.314 e. The van der Waals surface area contributed by atoms with Gasteiger partial charge in [0.1, 0.15) is 0 Å². The van der Waals surface area contributed by atoms with Crippen LogP contribution in [-0.2, 0) is 53.5 Å². The summed E-state index contributed by atoms with van der Waals surface area (Å²) in [6, 6.07) is 1.28. The van der Waals surface area contributed by atoms with Gasteiger partial charge in [-0.3, -0.25) is 0 Å². The van der Waals surface area contributed by atoms with Crippen molar-refractivity contribution in [3.05, 3.63) is 0 Å². The van der Waals surface area contributed by atoms with E-state index in [0.717, 1.165) is 0 Å². The van der Waals surface area contributed by atoms with Gasteiger partial charge in [0, 0.05) is 0 Å². The van der Waals surface area contributed by atoms with Gasteiger partial charge in [-0.2, -0.15) is 0 Å². The van der Waals surface area contributed by atoms with Crippen molar-refractivity contribution in [2.24, 2.45) is 0 Å². The number of unbranched alkanes of at least 4 members (excludes halogenated alkanes) is 3. The lowest BCUT2D eigenvalue weighted by molar-refractivity contribution is 0.236. The minimum atomic E-state index is -2.38. The topological polar surface area (TPSA) is 120 Å². The molecule has 2 saturated heterocycles. The van der Waals surface area contributed by atoms with Crippen LogP contribution >= 0.6 is 0 Å². The molecule has 27 heteroatoms. The summed E-state index contributed by atoms with van der Waals surface area (Å²) in [4.78, 5) is 0. The molecule has 2 aliphatic rings. The van der Waals surface area contributed by atoms with Crippen molar-refractivity contribution in [1.29, 1.82) is 0 Å². The maximum atomic E-state index is 6.47. The van der Waals surface area contributed by atoms with Crippen molar-refractivity contribution < 1.29 is 53.5 Å². The van der Waals surface area contributed by atoms with Crippen molar-refractivity contribution in [2.45, 2.75) is 229 Å². The number of hydrogen-bond acceptors (Lipinski definition) is 13. The Morgan fingerprint density at radius 1 is 0.290 bits per heavy atom. The first-order valence-electron chi connectivity index (χ1n) is 22.9. The molecule has 2 aliphatic heterocycles. The van der Waals surface area contributed by atoms with Crippen molar-refractivity contribution in [3.8, 4) is 0 Å². The maximum absolute atomic E-state index is 6.47. The van der Waals surface area contributed by atoms with E-state index in [0.29, 0.717) is 0 Å². The predicted octanol–water partition coefficient (Wildman–Crippen LogP) is 13.2. The predicted molar refractivity (Wildman–Crippen MR) is 294 cm³/mol. The summed E-state index contributed by atoms with van der Waals surface area (Å²) in [5.74, 6) is 0. The van der Waals surface area contributed by atoms with Gasteiger partial charge in [0.25, 0.3) is 0 Å². The van der Waals surface area contributed by atoms with Gasteiger partial charge in [-0.1, -0.05) is 32.6 Å². The van der Waals surface area contributed by atoms with E-state index in [9.17, 15) is 0 Å². The highest BCUT2D eigenvalue weighted by molar-refractivity contribution is 6.94. The molecule has 2 fully saturated rings. The molecule has 0 aromatic heterocycles. The first-order chi connectivity index (χ1) is 26.8. The average Bonchev–Trinajstić information content (AvgIpc) is 2.80. The molecule has 0 atom stereocenters. The van der Waals surface area contributed by atoms with Gasteiger partial charge in [0.05, 0.1) is 0 Å². The fourth-order valence-corrected chi connectivity index (χ4v) is 80.5. The fourth-order valence-electron chi connectivity index (χ4n) is 9.19. The van der Waals surface area contributed by atoms with E-state index >= 15 is 0 Å². The Labute approximate surface area is 398 Å². The lowest BCUT2D eigenvalue weighted by Crippen LogP contribution is -2.64. The second-order valence-corrected chi connectivity index (χ2v) is 76.3. The van der Waals surface area contributed by atoms with Gasteiger partial charge in [0.15, 0.2) is 16.6 Å². The second kappa shape index (κ2) is 22.7. The minimum absolute atomic E-state index is 1.28. The lowest BCUT2D eigenvalue weighted by Gasteiger charge is -2.46. The van der Waals surface area contributed by atoms with Crippen LogP contribution in [0.3, 0.4) is 0 Å². The van der Waals surface area contributed by atoms with Crippen molar-refractivity contribution in [2.75, 3.05) is 0 Å². The van der Waals surface area contributed by atoms with E-state index in [1.807, 2.05) is 0 Å². The first-order valence-corrected chi connectivity index (χ1v) is 63.2. The van der Waals surface area contributed by atoms with E-state index in [-0.39, 0.29) is 0 Å². The van der Waals surface area contributed by atoms with Gasteiger partial charge < -0.3 is 53.5 Å². The monoisotopic (exact) mass is 1120 g/mol. The van der Waals surface area contributed by atoms with Crippen LogP contribution in [-0.4, -0.2) is 119 Å². The second-order valence-electron chi connectivity index (χ2n) is 23.8. The van der Waals surface area contributed by atoms with Crippen LogP contribution < -0.4 is 0 Å². The summed E-state index contributed by atoms with van der Waals surface area (Å²) < 4.78 is 82.9. The van der Waals surface area contributed by atoms with Crippen LogP contribution in [0.1, 0.15) is 32.6 Å². The molecule has 2 heterocycles. The third kappa shape index (κ3) is 30.9. The molecular weight excluding hydrogens is 1020 g/mol. The van der Waals surface area contributed by atoms with E-state index in [2.05, 4.69) is 197 Å². The van der Waals surface area contributed by atoms with Gasteiger partial charge >= 0.3 is 103 Å². The molecule has 0 bridgehead atoms. The minimum Gasteiger partial charge on any atom is -0.437 e. The van der Waals surface area contributed by atoms with Crippen molar-refractivity contribution in [1.82, 2.24) is 0 Å². The largest absolute Gasteiger partial charge is 0.437 e. The Kier molecular flexibility index (Phi) is 23.6. The third-order valence-electron chi connectivity index (χ3n) is 8.11. The normalized spacial score (nSPS) is 26.4. The number of rotatable bonds is 9. The van der Waals surface area contributed by atoms with E-state index in [1.165, 1.54) is 31.7 Å². The highest BCUT2D eigenvalue weighted by atomic mass is 28.5. The summed E-state index contributed by atoms with van der Waals surface area (Å²) in [6.07, 6.45) is 5.34. The smallest absolute Gasteiger partial charge is 0.314 e. The zero-order chi connectivity index (χ0) is 49.7. The van der Waals surface area contributed by atoms with Gasteiger partial charge in [0.2, 0.25) is 0 Å². The Balaban J connectivity index is 0.000000911. The first kappa shape index (κ1) is 64.5. The van der Waals surface area contributed by atoms with Gasteiger partial charge in [-0.25, -0.2) is 0 Å². The van der Waals surface area contributed by atoms with Crippen LogP contribution in [0.4, 0.5) is 0 Å². The van der Waals surface area contributed by atoms with E-state index in [4.69, 9.17) is 53.5 Å². The van der Waals surface area contributed by atoms with Crippen LogP contribution in [0.2, 0.25) is 196 Å². The standard InChI is InChI=1S/C13H34O2Si3.C12H36O6Si6.C10H30O5Si5/c1-9-10-11-12-13-17(5,6)15-18(7,8)14-16(2,3)4;1-19(2)13-20(3,4)15-22(7,8)17-24(11,12)18-23(9,10)16-21(5,6)14-19;1-16(2)11-17(3,4)13-19(7,8)15-20(9,10)14-18(5,6)12-16/h9-13H2,1-8H3;1-12H3;1-10H3. The zero-order valence-corrected chi connectivity index (χ0v) is 59.8. The number of hydrogen-bond donors (Lipinski definition) is 0. The molecule has 2 rings (SSSR count). The third-order valence-corrected chi connectivity index (χ3v) is 61.5. The van der Waals surface area contributed by atoms with Crippen LogP contribution in [0, 0.1) is 0 Å². The molecule has 0 saturated carbocycles. The van der Waals surface area contributed by atoms with Crippen molar-refractivity contribution >= 4 is 119 Å². The molecule has 13 nitrogen and oxygen atoms in total. The van der Waals surface area contributed by atoms with Gasteiger partial charge in [-0.05, 0) is 196 Å².